The van der Waals surface area contributed by atoms with Gasteiger partial charge in [0.15, 0.2) is 6.10 Å². The molecule has 0 N–H and O–H groups in total. The minimum atomic E-state index is -0.773. The zero-order chi connectivity index (χ0) is 22.4. The summed E-state index contributed by atoms with van der Waals surface area (Å²) in [5.74, 6) is 0.00822. The van der Waals surface area contributed by atoms with Crippen molar-refractivity contribution in [3.63, 3.8) is 0 Å². The van der Waals surface area contributed by atoms with Gasteiger partial charge >= 0.3 is 5.97 Å². The van der Waals surface area contributed by atoms with Crippen LogP contribution in [0.15, 0.2) is 56.8 Å². The van der Waals surface area contributed by atoms with E-state index in [1.165, 1.54) is 23.1 Å². The molecular weight excluding hydrogens is 398 g/mol. The van der Waals surface area contributed by atoms with Crippen molar-refractivity contribution in [3.8, 4) is 11.4 Å². The van der Waals surface area contributed by atoms with Gasteiger partial charge in [0.2, 0.25) is 5.43 Å². The number of hydrogen-bond donors (Lipinski definition) is 0. The lowest BCUT2D eigenvalue weighted by atomic mass is 10.0. The van der Waals surface area contributed by atoms with Gasteiger partial charge in [-0.05, 0) is 49.9 Å². The first-order chi connectivity index (χ1) is 15.0. The number of aryl methyl sites for hydroxylation is 1. The Bertz CT molecular complexity index is 1180. The van der Waals surface area contributed by atoms with Gasteiger partial charge in [0, 0.05) is 12.3 Å². The van der Waals surface area contributed by atoms with E-state index in [-0.39, 0.29) is 28.7 Å². The van der Waals surface area contributed by atoms with Gasteiger partial charge in [0.25, 0.3) is 5.56 Å². The molecule has 2 aromatic heterocycles. The van der Waals surface area contributed by atoms with E-state index < -0.39 is 12.1 Å². The lowest BCUT2D eigenvalue weighted by Crippen LogP contribution is -2.29. The minimum Gasteiger partial charge on any atom is -0.478 e. The summed E-state index contributed by atoms with van der Waals surface area (Å²) in [7, 11) is 0. The van der Waals surface area contributed by atoms with Gasteiger partial charge in [-0.15, -0.1) is 0 Å². The van der Waals surface area contributed by atoms with Gasteiger partial charge in [-0.25, -0.2) is 4.79 Å². The van der Waals surface area contributed by atoms with E-state index in [1.54, 1.807) is 31.2 Å². The summed E-state index contributed by atoms with van der Waals surface area (Å²) in [6.07, 6.45) is 5.07. The highest BCUT2D eigenvalue weighted by Gasteiger charge is 2.22. The predicted molar refractivity (Wildman–Crippen MR) is 118 cm³/mol. The molecular formula is C24H27NO6. The van der Waals surface area contributed by atoms with Crippen molar-refractivity contribution in [1.82, 2.24) is 4.57 Å². The van der Waals surface area contributed by atoms with Gasteiger partial charge in [-0.2, -0.15) is 0 Å². The molecule has 1 unspecified atom stereocenters. The van der Waals surface area contributed by atoms with Crippen LogP contribution < -0.4 is 15.7 Å². The maximum atomic E-state index is 13.2. The van der Waals surface area contributed by atoms with Crippen LogP contribution in [0.2, 0.25) is 0 Å². The fraction of sp³-hybridized carbons (Fsp3) is 0.375. The third kappa shape index (κ3) is 4.87. The largest absolute Gasteiger partial charge is 0.478 e. The van der Waals surface area contributed by atoms with Gasteiger partial charge in [-0.3, -0.25) is 14.2 Å². The van der Waals surface area contributed by atoms with Crippen LogP contribution in [-0.4, -0.2) is 23.2 Å². The molecule has 7 nitrogen and oxygen atoms in total. The fourth-order valence-electron chi connectivity index (χ4n) is 3.34. The molecule has 0 saturated heterocycles. The van der Waals surface area contributed by atoms with E-state index in [1.807, 2.05) is 6.92 Å². The Labute approximate surface area is 180 Å². The predicted octanol–water partition coefficient (Wildman–Crippen LogP) is 4.01. The Balaban J connectivity index is 2.13. The molecule has 0 fully saturated rings. The standard InChI is InChI=1S/C24H27NO6/c1-4-7-10-16-13-21-17(14-20(16)31-19(5-2)24(28)29-6-3)23(27)18(15-30-21)25-12-9-8-11-22(25)26/h8-9,11-15,19H,4-7,10H2,1-3H3. The molecule has 0 saturated carbocycles. The van der Waals surface area contributed by atoms with Crippen molar-refractivity contribution in [2.45, 2.75) is 52.6 Å². The Hall–Kier alpha value is -3.35. The first-order valence-electron chi connectivity index (χ1n) is 10.6. The van der Waals surface area contributed by atoms with Crippen LogP contribution in [0.4, 0.5) is 0 Å². The fourth-order valence-corrected chi connectivity index (χ4v) is 3.34. The van der Waals surface area contributed by atoms with Crippen LogP contribution in [-0.2, 0) is 16.0 Å². The normalized spacial score (nSPS) is 12.0. The van der Waals surface area contributed by atoms with E-state index in [0.717, 1.165) is 18.4 Å². The Kier molecular flexibility index (Phi) is 7.28. The smallest absolute Gasteiger partial charge is 0.347 e. The molecule has 0 aliphatic heterocycles. The topological polar surface area (TPSA) is 87.7 Å². The summed E-state index contributed by atoms with van der Waals surface area (Å²) < 4.78 is 18.1. The molecule has 1 aromatic carbocycles. The Morgan fingerprint density at radius 2 is 1.97 bits per heavy atom. The number of aromatic nitrogens is 1. The molecule has 0 bridgehead atoms. The first kappa shape index (κ1) is 22.3. The Morgan fingerprint density at radius 3 is 2.65 bits per heavy atom. The number of carbonyl (C=O) groups is 1. The minimum absolute atomic E-state index is 0.114. The molecule has 0 spiro atoms. The SMILES string of the molecule is CCCCc1cc2occ(-n3ccccc3=O)c(=O)c2cc1OC(CC)C(=O)OCC. The summed E-state index contributed by atoms with van der Waals surface area (Å²) >= 11 is 0. The second-order valence-corrected chi connectivity index (χ2v) is 7.19. The third-order valence-electron chi connectivity index (χ3n) is 5.01. The zero-order valence-corrected chi connectivity index (χ0v) is 18.1. The average molecular weight is 425 g/mol. The van der Waals surface area contributed by atoms with E-state index in [2.05, 4.69) is 6.92 Å². The van der Waals surface area contributed by atoms with Crippen molar-refractivity contribution in [2.24, 2.45) is 0 Å². The highest BCUT2D eigenvalue weighted by Crippen LogP contribution is 2.28. The molecule has 3 rings (SSSR count). The Morgan fingerprint density at radius 1 is 1.16 bits per heavy atom. The summed E-state index contributed by atoms with van der Waals surface area (Å²) in [5, 5.41) is 0.280. The number of ether oxygens (including phenoxy) is 2. The maximum absolute atomic E-state index is 13.2. The summed E-state index contributed by atoms with van der Waals surface area (Å²) in [5.41, 5.74) is 0.678. The summed E-state index contributed by atoms with van der Waals surface area (Å²) in [6.45, 7) is 5.92. The van der Waals surface area contributed by atoms with Crippen molar-refractivity contribution >= 4 is 16.9 Å². The van der Waals surface area contributed by atoms with Gasteiger partial charge < -0.3 is 13.9 Å². The number of rotatable bonds is 9. The van der Waals surface area contributed by atoms with Gasteiger partial charge in [-0.1, -0.05) is 26.3 Å². The molecule has 0 aliphatic rings. The number of benzene rings is 1. The number of esters is 1. The molecule has 3 aromatic rings. The molecule has 0 aliphatic carbocycles. The number of unbranched alkanes of at least 4 members (excludes halogenated alkanes) is 1. The van der Waals surface area contributed by atoms with E-state index in [0.29, 0.717) is 24.2 Å². The van der Waals surface area contributed by atoms with Crippen LogP contribution in [0.3, 0.4) is 0 Å². The van der Waals surface area contributed by atoms with Gasteiger partial charge in [0.05, 0.1) is 12.0 Å². The molecule has 0 amide bonds. The van der Waals surface area contributed by atoms with Crippen LogP contribution in [0.1, 0.15) is 45.6 Å². The number of carbonyl (C=O) groups excluding carboxylic acids is 1. The molecule has 31 heavy (non-hydrogen) atoms. The van der Waals surface area contributed by atoms with Crippen molar-refractivity contribution in [2.75, 3.05) is 6.61 Å². The van der Waals surface area contributed by atoms with Gasteiger partial charge in [0.1, 0.15) is 23.3 Å². The second kappa shape index (κ2) is 10.1. The molecule has 7 heteroatoms. The molecule has 1 atom stereocenters. The molecule has 164 valence electrons. The van der Waals surface area contributed by atoms with E-state index in [9.17, 15) is 14.4 Å². The van der Waals surface area contributed by atoms with Crippen LogP contribution in [0.5, 0.6) is 5.75 Å². The van der Waals surface area contributed by atoms with E-state index in [4.69, 9.17) is 13.9 Å². The number of nitrogens with zero attached hydrogens (tertiary/aromatic N) is 1. The average Bonchev–Trinajstić information content (AvgIpc) is 2.77. The molecule has 2 heterocycles. The van der Waals surface area contributed by atoms with Crippen molar-refractivity contribution < 1.29 is 18.7 Å². The second-order valence-electron chi connectivity index (χ2n) is 7.19. The third-order valence-corrected chi connectivity index (χ3v) is 5.01. The molecule has 0 radical (unpaired) electrons. The first-order valence-corrected chi connectivity index (χ1v) is 10.6. The highest BCUT2D eigenvalue weighted by molar-refractivity contribution is 5.81. The summed E-state index contributed by atoms with van der Waals surface area (Å²) in [6, 6.07) is 8.02. The van der Waals surface area contributed by atoms with Crippen LogP contribution >= 0.6 is 0 Å². The van der Waals surface area contributed by atoms with E-state index >= 15 is 0 Å². The van der Waals surface area contributed by atoms with Crippen LogP contribution in [0, 0.1) is 0 Å². The monoisotopic (exact) mass is 425 g/mol. The lowest BCUT2D eigenvalue weighted by molar-refractivity contribution is -0.151. The zero-order valence-electron chi connectivity index (χ0n) is 18.1. The quantitative estimate of drug-likeness (QED) is 0.482. The number of fused-ring (bicyclic) bond motifs is 1. The van der Waals surface area contributed by atoms with Crippen molar-refractivity contribution in [1.29, 1.82) is 0 Å². The van der Waals surface area contributed by atoms with Crippen LogP contribution in [0.25, 0.3) is 16.7 Å². The maximum Gasteiger partial charge on any atom is 0.347 e. The number of pyridine rings is 1. The van der Waals surface area contributed by atoms with Crippen molar-refractivity contribution in [3.05, 3.63) is 68.9 Å². The highest BCUT2D eigenvalue weighted by atomic mass is 16.6. The summed E-state index contributed by atoms with van der Waals surface area (Å²) in [4.78, 5) is 37.6. The number of hydrogen-bond acceptors (Lipinski definition) is 6. The lowest BCUT2D eigenvalue weighted by Gasteiger charge is -2.19.